The van der Waals surface area contributed by atoms with Gasteiger partial charge in [0.2, 0.25) is 5.91 Å². The number of anilines is 1. The molecule has 1 N–H and O–H groups in total. The minimum absolute atomic E-state index is 0.0246. The van der Waals surface area contributed by atoms with Gasteiger partial charge in [-0.25, -0.2) is 8.42 Å². The Morgan fingerprint density at radius 2 is 1.62 bits per heavy atom. The highest BCUT2D eigenvalue weighted by atomic mass is 79.9. The van der Waals surface area contributed by atoms with Crippen molar-refractivity contribution in [3.63, 3.8) is 0 Å². The Morgan fingerprint density at radius 3 is 2.15 bits per heavy atom. The van der Waals surface area contributed by atoms with Gasteiger partial charge in [0.25, 0.3) is 0 Å². The Hall–Kier alpha value is -1.66. The number of rotatable bonds is 5. The van der Waals surface area contributed by atoms with Crippen LogP contribution < -0.4 is 5.32 Å². The molecule has 1 aliphatic rings. The van der Waals surface area contributed by atoms with Crippen LogP contribution in [-0.4, -0.2) is 20.1 Å². The summed E-state index contributed by atoms with van der Waals surface area (Å²) < 4.78 is 24.8. The highest BCUT2D eigenvalue weighted by Gasteiger charge is 2.42. The first-order chi connectivity index (χ1) is 12.4. The third-order valence-corrected chi connectivity index (χ3v) is 7.42. The number of sulfone groups is 1. The van der Waals surface area contributed by atoms with Gasteiger partial charge in [0.1, 0.15) is 0 Å². The van der Waals surface area contributed by atoms with Crippen molar-refractivity contribution in [3.05, 3.63) is 58.6 Å². The van der Waals surface area contributed by atoms with Gasteiger partial charge in [0.15, 0.2) is 9.84 Å². The molecule has 0 unspecified atom stereocenters. The van der Waals surface area contributed by atoms with Crippen molar-refractivity contribution in [2.45, 2.75) is 42.9 Å². The summed E-state index contributed by atoms with van der Waals surface area (Å²) >= 11 is 3.44. The van der Waals surface area contributed by atoms with Crippen LogP contribution in [-0.2, 0) is 20.0 Å². The van der Waals surface area contributed by atoms with Crippen molar-refractivity contribution in [1.29, 1.82) is 0 Å². The summed E-state index contributed by atoms with van der Waals surface area (Å²) in [6.07, 6.45) is 3.69. The molecule has 2 aromatic rings. The summed E-state index contributed by atoms with van der Waals surface area (Å²) in [6.45, 7) is 1.62. The molecule has 4 nitrogen and oxygen atoms in total. The second-order valence-electron chi connectivity index (χ2n) is 6.68. The maximum absolute atomic E-state index is 13.1. The van der Waals surface area contributed by atoms with Gasteiger partial charge in [0, 0.05) is 10.2 Å². The minimum Gasteiger partial charge on any atom is -0.325 e. The fourth-order valence-corrected chi connectivity index (χ4v) is 4.71. The van der Waals surface area contributed by atoms with E-state index < -0.39 is 15.3 Å². The molecule has 1 saturated carbocycles. The van der Waals surface area contributed by atoms with Crippen LogP contribution in [0.3, 0.4) is 0 Å². The van der Waals surface area contributed by atoms with Crippen LogP contribution in [0.25, 0.3) is 0 Å². The minimum atomic E-state index is -3.24. The highest BCUT2D eigenvalue weighted by Crippen LogP contribution is 2.42. The second-order valence-corrected chi connectivity index (χ2v) is 9.87. The first-order valence-electron chi connectivity index (χ1n) is 8.78. The van der Waals surface area contributed by atoms with Crippen molar-refractivity contribution in [1.82, 2.24) is 0 Å². The van der Waals surface area contributed by atoms with Gasteiger partial charge in [-0.15, -0.1) is 0 Å². The molecule has 1 fully saturated rings. The summed E-state index contributed by atoms with van der Waals surface area (Å²) in [7, 11) is -3.24. The lowest BCUT2D eigenvalue weighted by Gasteiger charge is -2.28. The van der Waals surface area contributed by atoms with Crippen LogP contribution in [0, 0.1) is 0 Å². The summed E-state index contributed by atoms with van der Waals surface area (Å²) in [5.74, 6) is 0.0363. The molecule has 6 heteroatoms. The zero-order valence-electron chi connectivity index (χ0n) is 14.7. The number of benzene rings is 2. The Bertz CT molecular complexity index is 884. The number of nitrogens with one attached hydrogen (secondary N) is 1. The Kier molecular flexibility index (Phi) is 5.53. The normalized spacial score (nSPS) is 16.4. The van der Waals surface area contributed by atoms with E-state index in [1.165, 1.54) is 0 Å². The van der Waals surface area contributed by atoms with E-state index in [0.717, 1.165) is 35.7 Å². The van der Waals surface area contributed by atoms with Crippen LogP contribution in [0.2, 0.25) is 0 Å². The van der Waals surface area contributed by atoms with Gasteiger partial charge < -0.3 is 5.32 Å². The lowest BCUT2D eigenvalue weighted by molar-refractivity contribution is -0.121. The third kappa shape index (κ3) is 3.71. The predicted molar refractivity (Wildman–Crippen MR) is 107 cm³/mol. The van der Waals surface area contributed by atoms with Gasteiger partial charge in [-0.1, -0.05) is 47.8 Å². The molecule has 0 spiro atoms. The monoisotopic (exact) mass is 435 g/mol. The van der Waals surface area contributed by atoms with Crippen molar-refractivity contribution in [2.75, 3.05) is 11.1 Å². The van der Waals surface area contributed by atoms with Crippen molar-refractivity contribution in [3.8, 4) is 0 Å². The maximum atomic E-state index is 13.1. The molecular weight excluding hydrogens is 414 g/mol. The fraction of sp³-hybridized carbons (Fsp3) is 0.350. The molecule has 26 heavy (non-hydrogen) atoms. The molecule has 3 rings (SSSR count). The molecule has 138 valence electrons. The summed E-state index contributed by atoms with van der Waals surface area (Å²) in [5.41, 5.74) is 1.13. The second kappa shape index (κ2) is 7.53. The molecule has 2 aromatic carbocycles. The fourth-order valence-electron chi connectivity index (χ4n) is 3.56. The molecule has 1 amide bonds. The average Bonchev–Trinajstić information content (AvgIpc) is 3.14. The number of carbonyl (C=O) groups is 1. The largest absolute Gasteiger partial charge is 0.325 e. The van der Waals surface area contributed by atoms with Crippen LogP contribution >= 0.6 is 15.9 Å². The lowest BCUT2D eigenvalue weighted by atomic mass is 9.78. The number of halogens is 1. The van der Waals surface area contributed by atoms with E-state index in [0.29, 0.717) is 5.69 Å². The van der Waals surface area contributed by atoms with E-state index in [1.54, 1.807) is 31.2 Å². The molecule has 0 bridgehead atoms. The first-order valence-corrected chi connectivity index (χ1v) is 11.2. The Balaban J connectivity index is 1.84. The van der Waals surface area contributed by atoms with Crippen molar-refractivity contribution >= 4 is 37.4 Å². The topological polar surface area (TPSA) is 63.2 Å². The number of carbonyl (C=O) groups excluding carboxylic acids is 1. The van der Waals surface area contributed by atoms with E-state index >= 15 is 0 Å². The van der Waals surface area contributed by atoms with Gasteiger partial charge in [0.05, 0.1) is 16.1 Å². The molecule has 0 saturated heterocycles. The zero-order chi connectivity index (χ0) is 18.8. The average molecular weight is 436 g/mol. The van der Waals surface area contributed by atoms with Gasteiger partial charge >= 0.3 is 0 Å². The Morgan fingerprint density at radius 1 is 1.04 bits per heavy atom. The SMILES string of the molecule is CCS(=O)(=O)c1ccc(NC(=O)C2(c3ccc(Br)cc3)CCCC2)cc1. The molecule has 0 aliphatic heterocycles. The molecule has 0 aromatic heterocycles. The summed E-state index contributed by atoms with van der Waals surface area (Å²) in [4.78, 5) is 13.4. The van der Waals surface area contributed by atoms with E-state index in [4.69, 9.17) is 0 Å². The zero-order valence-corrected chi connectivity index (χ0v) is 17.1. The molecular formula is C20H22BrNO3S. The Labute approximate surface area is 163 Å². The summed E-state index contributed by atoms with van der Waals surface area (Å²) in [6, 6.07) is 14.4. The van der Waals surface area contributed by atoms with E-state index in [-0.39, 0.29) is 16.6 Å². The van der Waals surface area contributed by atoms with Crippen molar-refractivity contribution in [2.24, 2.45) is 0 Å². The summed E-state index contributed by atoms with van der Waals surface area (Å²) in [5, 5.41) is 2.99. The van der Waals surface area contributed by atoms with E-state index in [1.807, 2.05) is 24.3 Å². The highest BCUT2D eigenvalue weighted by molar-refractivity contribution is 9.10. The molecule has 1 aliphatic carbocycles. The molecule has 0 heterocycles. The smallest absolute Gasteiger partial charge is 0.235 e. The van der Waals surface area contributed by atoms with Gasteiger partial charge in [-0.3, -0.25) is 4.79 Å². The molecule has 0 radical (unpaired) electrons. The maximum Gasteiger partial charge on any atom is 0.235 e. The van der Waals surface area contributed by atoms with Crippen LogP contribution in [0.15, 0.2) is 57.9 Å². The van der Waals surface area contributed by atoms with Crippen LogP contribution in [0.1, 0.15) is 38.2 Å². The first kappa shape index (κ1) is 19.1. The standard InChI is InChI=1S/C20H22BrNO3S/c1-2-26(24,25)18-11-9-17(10-12-18)22-19(23)20(13-3-4-14-20)15-5-7-16(21)8-6-15/h5-12H,2-4,13-14H2,1H3,(H,22,23). The quantitative estimate of drug-likeness (QED) is 0.740. The van der Waals surface area contributed by atoms with E-state index in [9.17, 15) is 13.2 Å². The number of hydrogen-bond donors (Lipinski definition) is 1. The van der Waals surface area contributed by atoms with Crippen molar-refractivity contribution < 1.29 is 13.2 Å². The predicted octanol–water partition coefficient (Wildman–Crippen LogP) is 4.69. The number of hydrogen-bond acceptors (Lipinski definition) is 3. The molecule has 0 atom stereocenters. The number of amides is 1. The lowest BCUT2D eigenvalue weighted by Crippen LogP contribution is -2.37. The van der Waals surface area contributed by atoms with Crippen LogP contribution in [0.5, 0.6) is 0 Å². The van der Waals surface area contributed by atoms with Crippen LogP contribution in [0.4, 0.5) is 5.69 Å². The van der Waals surface area contributed by atoms with E-state index in [2.05, 4.69) is 21.2 Å². The third-order valence-electron chi connectivity index (χ3n) is 5.14. The van der Waals surface area contributed by atoms with Gasteiger partial charge in [-0.2, -0.15) is 0 Å². The van der Waals surface area contributed by atoms with Gasteiger partial charge in [-0.05, 0) is 54.8 Å².